The van der Waals surface area contributed by atoms with Crippen LogP contribution in [0.5, 0.6) is 5.75 Å². The summed E-state index contributed by atoms with van der Waals surface area (Å²) in [7, 11) is 0. The van der Waals surface area contributed by atoms with Crippen LogP contribution in [-0.4, -0.2) is 41.4 Å². The number of nitrogens with one attached hydrogen (secondary N) is 1. The van der Waals surface area contributed by atoms with Gasteiger partial charge in [-0.15, -0.1) is 0 Å². The average Bonchev–Trinajstić information content (AvgIpc) is 2.72. The van der Waals surface area contributed by atoms with E-state index in [-0.39, 0.29) is 17.7 Å². The quantitative estimate of drug-likeness (QED) is 0.800. The summed E-state index contributed by atoms with van der Waals surface area (Å²) in [5, 5.41) is 2.95. The number of piperidine rings is 1. The van der Waals surface area contributed by atoms with Gasteiger partial charge in [0.2, 0.25) is 11.8 Å². The molecule has 0 aromatic carbocycles. The second-order valence-electron chi connectivity index (χ2n) is 9.49. The molecule has 2 amide bonds. The zero-order valence-corrected chi connectivity index (χ0v) is 18.1. The van der Waals surface area contributed by atoms with Gasteiger partial charge in [0.25, 0.3) is 0 Å². The fraction of sp³-hybridized carbons (Fsp3) is 0.696. The highest BCUT2D eigenvalue weighted by Gasteiger charge is 2.33. The Bertz CT molecular complexity index is 708. The van der Waals surface area contributed by atoms with Crippen LogP contribution in [0, 0.1) is 17.3 Å². The minimum absolute atomic E-state index is 0.0855. The molecule has 6 heteroatoms. The minimum Gasteiger partial charge on any atom is -0.489 e. The van der Waals surface area contributed by atoms with Crippen molar-refractivity contribution in [3.8, 4) is 5.75 Å². The molecule has 2 heterocycles. The van der Waals surface area contributed by atoms with Crippen molar-refractivity contribution in [3.63, 3.8) is 0 Å². The summed E-state index contributed by atoms with van der Waals surface area (Å²) in [4.78, 5) is 31.7. The van der Waals surface area contributed by atoms with E-state index in [1.165, 1.54) is 32.1 Å². The van der Waals surface area contributed by atoms with Crippen LogP contribution < -0.4 is 10.1 Å². The van der Waals surface area contributed by atoms with Gasteiger partial charge in [0, 0.05) is 24.7 Å². The molecule has 1 aliphatic heterocycles. The molecular formula is C23H35N3O3. The monoisotopic (exact) mass is 401 g/mol. The van der Waals surface area contributed by atoms with Gasteiger partial charge in [0.1, 0.15) is 0 Å². The fourth-order valence-corrected chi connectivity index (χ4v) is 4.23. The number of rotatable bonds is 5. The summed E-state index contributed by atoms with van der Waals surface area (Å²) in [6, 6.07) is 3.69. The molecule has 1 aromatic rings. The first-order chi connectivity index (χ1) is 13.8. The lowest BCUT2D eigenvalue weighted by atomic mass is 9.90. The Morgan fingerprint density at radius 2 is 1.93 bits per heavy atom. The van der Waals surface area contributed by atoms with E-state index in [2.05, 4.69) is 10.3 Å². The zero-order chi connectivity index (χ0) is 20.9. The Labute approximate surface area is 174 Å². The summed E-state index contributed by atoms with van der Waals surface area (Å²) >= 11 is 0. The van der Waals surface area contributed by atoms with Crippen LogP contribution in [0.4, 0.5) is 5.82 Å². The maximum Gasteiger partial charge on any atom is 0.230 e. The summed E-state index contributed by atoms with van der Waals surface area (Å²) < 4.78 is 6.03. The number of likely N-dealkylation sites (tertiary alicyclic amines) is 1. The van der Waals surface area contributed by atoms with Crippen molar-refractivity contribution < 1.29 is 14.3 Å². The van der Waals surface area contributed by atoms with Crippen molar-refractivity contribution in [1.29, 1.82) is 0 Å². The number of nitrogens with zero attached hydrogens (tertiary/aromatic N) is 2. The van der Waals surface area contributed by atoms with Crippen molar-refractivity contribution in [2.75, 3.05) is 25.0 Å². The van der Waals surface area contributed by atoms with E-state index in [0.29, 0.717) is 30.6 Å². The molecule has 1 N–H and O–H groups in total. The van der Waals surface area contributed by atoms with E-state index in [4.69, 9.17) is 4.74 Å². The number of pyridine rings is 1. The molecule has 1 aromatic heterocycles. The van der Waals surface area contributed by atoms with Gasteiger partial charge in [-0.25, -0.2) is 4.98 Å². The minimum atomic E-state index is -0.431. The molecule has 3 rings (SSSR count). The van der Waals surface area contributed by atoms with Crippen LogP contribution in [-0.2, 0) is 9.59 Å². The first-order valence-corrected chi connectivity index (χ1v) is 11.0. The number of hydrogen-bond donors (Lipinski definition) is 1. The van der Waals surface area contributed by atoms with Gasteiger partial charge in [-0.2, -0.15) is 0 Å². The Balaban J connectivity index is 1.59. The molecule has 0 bridgehead atoms. The predicted octanol–water partition coefficient (Wildman–Crippen LogP) is 4.26. The van der Waals surface area contributed by atoms with Crippen molar-refractivity contribution >= 4 is 17.6 Å². The third-order valence-corrected chi connectivity index (χ3v) is 5.93. The molecule has 29 heavy (non-hydrogen) atoms. The highest BCUT2D eigenvalue weighted by atomic mass is 16.5. The largest absolute Gasteiger partial charge is 0.489 e. The normalized spacial score (nSPS) is 20.9. The van der Waals surface area contributed by atoms with Crippen LogP contribution in [0.1, 0.15) is 65.7 Å². The standard InChI is InChI=1S/C23H35N3O3/c1-23(2,3)22(28)26-14-8-11-18(15-26)21(27)25-20-19(12-7-13-24-20)29-16-17-9-5-4-6-10-17/h7,12-13,17-18H,4-6,8-11,14-16H2,1-3H3,(H,24,25,27). The van der Waals surface area contributed by atoms with Gasteiger partial charge in [-0.3, -0.25) is 9.59 Å². The van der Waals surface area contributed by atoms with E-state index in [1.807, 2.05) is 37.8 Å². The third kappa shape index (κ3) is 5.94. The smallest absolute Gasteiger partial charge is 0.230 e. The van der Waals surface area contributed by atoms with Crippen molar-refractivity contribution in [2.24, 2.45) is 17.3 Å². The Kier molecular flexibility index (Phi) is 7.14. The van der Waals surface area contributed by atoms with E-state index in [1.54, 1.807) is 6.20 Å². The molecule has 2 fully saturated rings. The van der Waals surface area contributed by atoms with Crippen LogP contribution in [0.2, 0.25) is 0 Å². The molecule has 6 nitrogen and oxygen atoms in total. The average molecular weight is 402 g/mol. The highest BCUT2D eigenvalue weighted by molar-refractivity contribution is 5.93. The maximum absolute atomic E-state index is 12.9. The van der Waals surface area contributed by atoms with Crippen molar-refractivity contribution in [2.45, 2.75) is 65.7 Å². The van der Waals surface area contributed by atoms with Gasteiger partial charge in [0.15, 0.2) is 11.6 Å². The fourth-order valence-electron chi connectivity index (χ4n) is 4.23. The Morgan fingerprint density at radius 1 is 1.17 bits per heavy atom. The topological polar surface area (TPSA) is 71.5 Å². The molecular weight excluding hydrogens is 366 g/mol. The maximum atomic E-state index is 12.9. The molecule has 1 saturated heterocycles. The number of carbonyl (C=O) groups excluding carboxylic acids is 2. The first-order valence-electron chi connectivity index (χ1n) is 11.0. The number of amides is 2. The Hall–Kier alpha value is -2.11. The van der Waals surface area contributed by atoms with Crippen molar-refractivity contribution in [3.05, 3.63) is 18.3 Å². The molecule has 2 aliphatic rings. The number of hydrogen-bond acceptors (Lipinski definition) is 4. The summed E-state index contributed by atoms with van der Waals surface area (Å²) in [5.41, 5.74) is -0.431. The van der Waals surface area contributed by atoms with Crippen LogP contribution in [0.3, 0.4) is 0 Å². The van der Waals surface area contributed by atoms with Gasteiger partial charge in [0.05, 0.1) is 12.5 Å². The molecule has 0 spiro atoms. The third-order valence-electron chi connectivity index (χ3n) is 5.93. The van der Waals surface area contributed by atoms with Crippen LogP contribution in [0.25, 0.3) is 0 Å². The van der Waals surface area contributed by atoms with E-state index < -0.39 is 5.41 Å². The summed E-state index contributed by atoms with van der Waals surface area (Å²) in [6.45, 7) is 7.62. The first kappa shape index (κ1) is 21.6. The van der Waals surface area contributed by atoms with Gasteiger partial charge >= 0.3 is 0 Å². The van der Waals surface area contributed by atoms with Crippen LogP contribution in [0.15, 0.2) is 18.3 Å². The van der Waals surface area contributed by atoms with Gasteiger partial charge in [-0.05, 0) is 43.7 Å². The lowest BCUT2D eigenvalue weighted by Crippen LogP contribution is -2.47. The van der Waals surface area contributed by atoms with Gasteiger partial charge in [-0.1, -0.05) is 40.0 Å². The van der Waals surface area contributed by atoms with E-state index >= 15 is 0 Å². The second-order valence-corrected chi connectivity index (χ2v) is 9.49. The molecule has 1 atom stereocenters. The molecule has 1 unspecified atom stereocenters. The van der Waals surface area contributed by atoms with Gasteiger partial charge < -0.3 is 15.0 Å². The predicted molar refractivity (Wildman–Crippen MR) is 114 cm³/mol. The Morgan fingerprint density at radius 3 is 2.66 bits per heavy atom. The zero-order valence-electron chi connectivity index (χ0n) is 18.1. The number of aromatic nitrogens is 1. The lowest BCUT2D eigenvalue weighted by Gasteiger charge is -2.35. The lowest BCUT2D eigenvalue weighted by molar-refractivity contribution is -0.142. The molecule has 1 saturated carbocycles. The van der Waals surface area contributed by atoms with Crippen molar-refractivity contribution in [1.82, 2.24) is 9.88 Å². The van der Waals surface area contributed by atoms with Crippen LogP contribution >= 0.6 is 0 Å². The van der Waals surface area contributed by atoms with E-state index in [9.17, 15) is 9.59 Å². The molecule has 160 valence electrons. The SMILES string of the molecule is CC(C)(C)C(=O)N1CCCC(C(=O)Nc2ncccc2OCC2CCCCC2)C1. The second kappa shape index (κ2) is 9.59. The summed E-state index contributed by atoms with van der Waals surface area (Å²) in [6.07, 6.45) is 9.58. The van der Waals surface area contributed by atoms with E-state index in [0.717, 1.165) is 19.4 Å². The number of ether oxygens (including phenoxy) is 1. The summed E-state index contributed by atoms with van der Waals surface area (Å²) in [5.74, 6) is 1.49. The highest BCUT2D eigenvalue weighted by Crippen LogP contribution is 2.28. The molecule has 0 radical (unpaired) electrons. The number of carbonyl (C=O) groups is 2. The number of anilines is 1. The molecule has 1 aliphatic carbocycles.